The van der Waals surface area contributed by atoms with Crippen molar-refractivity contribution in [3.63, 3.8) is 0 Å². The minimum Gasteiger partial charge on any atom is -0.481 e. The van der Waals surface area contributed by atoms with Crippen LogP contribution >= 0.6 is 0 Å². The van der Waals surface area contributed by atoms with Crippen LogP contribution in [0, 0.1) is 5.92 Å². The molecular formula is C11H21NO2. The molecule has 1 fully saturated rings. The Balaban J connectivity index is 2.29. The van der Waals surface area contributed by atoms with Gasteiger partial charge in [0.15, 0.2) is 0 Å². The first-order valence-corrected chi connectivity index (χ1v) is 5.55. The summed E-state index contributed by atoms with van der Waals surface area (Å²) in [6.45, 7) is 3.14. The predicted octanol–water partition coefficient (Wildman–Crippen LogP) is 1.97. The molecular weight excluding hydrogens is 178 g/mol. The molecule has 0 aromatic carbocycles. The molecule has 0 amide bonds. The lowest BCUT2D eigenvalue weighted by Gasteiger charge is -2.34. The maximum atomic E-state index is 10.6. The second kappa shape index (κ2) is 5.35. The van der Waals surface area contributed by atoms with Gasteiger partial charge in [0.25, 0.3) is 0 Å². The lowest BCUT2D eigenvalue weighted by Crippen LogP contribution is -2.38. The zero-order chi connectivity index (χ0) is 10.6. The maximum absolute atomic E-state index is 10.6. The molecule has 0 aromatic heterocycles. The van der Waals surface area contributed by atoms with Crippen LogP contribution in [0.4, 0.5) is 0 Å². The Morgan fingerprint density at radius 2 is 2.21 bits per heavy atom. The van der Waals surface area contributed by atoms with Gasteiger partial charge in [-0.1, -0.05) is 13.3 Å². The van der Waals surface area contributed by atoms with Crippen molar-refractivity contribution in [3.8, 4) is 0 Å². The summed E-state index contributed by atoms with van der Waals surface area (Å²) in [5.41, 5.74) is 0. The van der Waals surface area contributed by atoms with Crippen LogP contribution in [-0.2, 0) is 4.79 Å². The topological polar surface area (TPSA) is 40.5 Å². The summed E-state index contributed by atoms with van der Waals surface area (Å²) in [7, 11) is 2.05. The van der Waals surface area contributed by atoms with E-state index in [1.165, 1.54) is 19.3 Å². The summed E-state index contributed by atoms with van der Waals surface area (Å²) in [6.07, 6.45) is 5.21. The van der Waals surface area contributed by atoms with Gasteiger partial charge in [-0.25, -0.2) is 0 Å². The number of carbonyl (C=O) groups is 1. The average Bonchev–Trinajstić information content (AvgIpc) is 2.06. The lowest BCUT2D eigenvalue weighted by molar-refractivity contribution is -0.138. The van der Waals surface area contributed by atoms with E-state index in [-0.39, 0.29) is 12.5 Å². The van der Waals surface area contributed by atoms with Gasteiger partial charge in [0, 0.05) is 12.6 Å². The van der Waals surface area contributed by atoms with Gasteiger partial charge in [-0.05, 0) is 32.2 Å². The maximum Gasteiger partial charge on any atom is 0.304 e. The fourth-order valence-corrected chi connectivity index (χ4v) is 2.05. The van der Waals surface area contributed by atoms with Crippen molar-refractivity contribution in [2.24, 2.45) is 5.92 Å². The second-order valence-corrected chi connectivity index (χ2v) is 4.40. The number of hydrogen-bond donors (Lipinski definition) is 1. The first-order valence-electron chi connectivity index (χ1n) is 5.55. The molecule has 3 nitrogen and oxygen atoms in total. The van der Waals surface area contributed by atoms with Crippen LogP contribution < -0.4 is 0 Å². The Hall–Kier alpha value is -0.570. The Morgan fingerprint density at radius 1 is 1.57 bits per heavy atom. The Bertz CT molecular complexity index is 190. The van der Waals surface area contributed by atoms with E-state index in [1.807, 2.05) is 0 Å². The van der Waals surface area contributed by atoms with Crippen LogP contribution in [0.15, 0.2) is 0 Å². The monoisotopic (exact) mass is 199 g/mol. The van der Waals surface area contributed by atoms with E-state index in [2.05, 4.69) is 18.9 Å². The summed E-state index contributed by atoms with van der Waals surface area (Å²) in [5, 5.41) is 8.74. The van der Waals surface area contributed by atoms with E-state index in [1.54, 1.807) is 0 Å². The zero-order valence-corrected chi connectivity index (χ0v) is 9.20. The normalized spacial score (nSPS) is 19.4. The summed E-state index contributed by atoms with van der Waals surface area (Å²) in [5.74, 6) is 0.139. The van der Waals surface area contributed by atoms with E-state index in [9.17, 15) is 4.79 Å². The van der Waals surface area contributed by atoms with Gasteiger partial charge in [0.1, 0.15) is 0 Å². The first kappa shape index (κ1) is 11.5. The van der Waals surface area contributed by atoms with Gasteiger partial charge in [0.2, 0.25) is 0 Å². The molecule has 1 aliphatic carbocycles. The van der Waals surface area contributed by atoms with Crippen molar-refractivity contribution in [3.05, 3.63) is 0 Å². The number of rotatable bonds is 6. The average molecular weight is 199 g/mol. The fraction of sp³-hybridized carbons (Fsp3) is 0.909. The highest BCUT2D eigenvalue weighted by molar-refractivity contribution is 5.67. The molecule has 0 radical (unpaired) electrons. The van der Waals surface area contributed by atoms with Crippen LogP contribution in [0.1, 0.15) is 39.0 Å². The molecule has 0 bridgehead atoms. The van der Waals surface area contributed by atoms with E-state index >= 15 is 0 Å². The molecule has 0 saturated heterocycles. The molecule has 82 valence electrons. The number of carboxylic acids is 1. The minimum absolute atomic E-state index is 0.216. The van der Waals surface area contributed by atoms with Crippen molar-refractivity contribution >= 4 is 5.97 Å². The van der Waals surface area contributed by atoms with Crippen LogP contribution in [-0.4, -0.2) is 35.6 Å². The van der Waals surface area contributed by atoms with Crippen LogP contribution in [0.25, 0.3) is 0 Å². The third-order valence-electron chi connectivity index (χ3n) is 3.28. The molecule has 1 aliphatic rings. The van der Waals surface area contributed by atoms with E-state index in [0.717, 1.165) is 18.9 Å². The number of hydrogen-bond acceptors (Lipinski definition) is 2. The van der Waals surface area contributed by atoms with Crippen molar-refractivity contribution in [1.29, 1.82) is 0 Å². The SMILES string of the molecule is CCC(CC(=O)O)N(C)CC1CCC1. The Labute approximate surface area is 86.1 Å². The summed E-state index contributed by atoms with van der Waals surface area (Å²) in [6, 6.07) is 0.216. The highest BCUT2D eigenvalue weighted by Crippen LogP contribution is 2.27. The number of aliphatic carboxylic acids is 1. The summed E-state index contributed by atoms with van der Waals surface area (Å²) >= 11 is 0. The molecule has 0 heterocycles. The van der Waals surface area contributed by atoms with Crippen LogP contribution in [0.5, 0.6) is 0 Å². The minimum atomic E-state index is -0.683. The predicted molar refractivity (Wildman–Crippen MR) is 56.3 cm³/mol. The molecule has 1 rings (SSSR count). The standard InChI is InChI=1S/C11H21NO2/c1-3-10(7-11(13)14)12(2)8-9-5-4-6-9/h9-10H,3-8H2,1-2H3,(H,13,14). The summed E-state index contributed by atoms with van der Waals surface area (Å²) in [4.78, 5) is 12.8. The van der Waals surface area contributed by atoms with Crippen LogP contribution in [0.3, 0.4) is 0 Å². The number of nitrogens with zero attached hydrogens (tertiary/aromatic N) is 1. The van der Waals surface area contributed by atoms with Gasteiger partial charge in [0.05, 0.1) is 6.42 Å². The molecule has 0 aliphatic heterocycles. The quantitative estimate of drug-likeness (QED) is 0.711. The third kappa shape index (κ3) is 3.29. The highest BCUT2D eigenvalue weighted by atomic mass is 16.4. The third-order valence-corrected chi connectivity index (χ3v) is 3.28. The molecule has 1 unspecified atom stereocenters. The fourth-order valence-electron chi connectivity index (χ4n) is 2.05. The summed E-state index contributed by atoms with van der Waals surface area (Å²) < 4.78 is 0. The molecule has 0 aromatic rings. The lowest BCUT2D eigenvalue weighted by atomic mass is 9.85. The zero-order valence-electron chi connectivity index (χ0n) is 9.20. The molecule has 0 spiro atoms. The van der Waals surface area contributed by atoms with Gasteiger partial charge in [-0.15, -0.1) is 0 Å². The largest absolute Gasteiger partial charge is 0.481 e. The Morgan fingerprint density at radius 3 is 2.57 bits per heavy atom. The van der Waals surface area contributed by atoms with Crippen molar-refractivity contribution in [2.75, 3.05) is 13.6 Å². The highest BCUT2D eigenvalue weighted by Gasteiger charge is 2.23. The Kier molecular flexibility index (Phi) is 4.39. The van der Waals surface area contributed by atoms with Crippen molar-refractivity contribution in [2.45, 2.75) is 45.1 Å². The molecule has 1 saturated carbocycles. The van der Waals surface area contributed by atoms with Crippen molar-refractivity contribution < 1.29 is 9.90 Å². The van der Waals surface area contributed by atoms with Gasteiger partial charge < -0.3 is 10.0 Å². The number of carboxylic acid groups (broad SMARTS) is 1. The molecule has 14 heavy (non-hydrogen) atoms. The van der Waals surface area contributed by atoms with Gasteiger partial charge >= 0.3 is 5.97 Å². The van der Waals surface area contributed by atoms with E-state index in [0.29, 0.717) is 0 Å². The first-order chi connectivity index (χ1) is 6.63. The smallest absolute Gasteiger partial charge is 0.304 e. The van der Waals surface area contributed by atoms with Crippen molar-refractivity contribution in [1.82, 2.24) is 4.90 Å². The van der Waals surface area contributed by atoms with E-state index in [4.69, 9.17) is 5.11 Å². The van der Waals surface area contributed by atoms with Crippen LogP contribution in [0.2, 0.25) is 0 Å². The molecule has 1 atom stereocenters. The second-order valence-electron chi connectivity index (χ2n) is 4.40. The van der Waals surface area contributed by atoms with Gasteiger partial charge in [-0.3, -0.25) is 4.79 Å². The van der Waals surface area contributed by atoms with E-state index < -0.39 is 5.97 Å². The molecule has 3 heteroatoms. The van der Waals surface area contributed by atoms with Gasteiger partial charge in [-0.2, -0.15) is 0 Å². The molecule has 1 N–H and O–H groups in total.